The lowest BCUT2D eigenvalue weighted by Gasteiger charge is -2.24. The molecule has 380 valence electrons. The lowest BCUT2D eigenvalue weighted by Crippen LogP contribution is -2.46. The van der Waals surface area contributed by atoms with E-state index in [4.69, 9.17) is 4.74 Å². The summed E-state index contributed by atoms with van der Waals surface area (Å²) in [5, 5.41) is 23.8. The monoisotopic (exact) mass is 904 g/mol. The van der Waals surface area contributed by atoms with Crippen LogP contribution in [0.15, 0.2) is 12.2 Å². The van der Waals surface area contributed by atoms with Crippen molar-refractivity contribution in [2.45, 2.75) is 341 Å². The van der Waals surface area contributed by atoms with E-state index in [1.165, 1.54) is 225 Å². The Balaban J connectivity index is 4.42. The minimum Gasteiger partial charge on any atom is -0.462 e. The van der Waals surface area contributed by atoms with Crippen LogP contribution in [-0.4, -0.2) is 46.9 Å². The van der Waals surface area contributed by atoms with Crippen LogP contribution >= 0.6 is 0 Å². The van der Waals surface area contributed by atoms with Gasteiger partial charge in [-0.05, 0) is 44.9 Å². The zero-order chi connectivity index (χ0) is 46.7. The lowest BCUT2D eigenvalue weighted by atomic mass is 10.0. The molecule has 0 rings (SSSR count). The van der Waals surface area contributed by atoms with Gasteiger partial charge >= 0.3 is 5.97 Å². The van der Waals surface area contributed by atoms with Gasteiger partial charge < -0.3 is 20.3 Å². The maximum Gasteiger partial charge on any atom is 0.306 e. The van der Waals surface area contributed by atoms with Crippen molar-refractivity contribution in [1.29, 1.82) is 0 Å². The molecule has 6 heteroatoms. The molecular weight excluding hydrogens is 791 g/mol. The molecule has 0 aromatic heterocycles. The van der Waals surface area contributed by atoms with Crippen LogP contribution in [-0.2, 0) is 14.3 Å². The number of aliphatic hydroxyl groups is 2. The number of esters is 1. The molecule has 0 aliphatic heterocycles. The van der Waals surface area contributed by atoms with Gasteiger partial charge in [0.25, 0.3) is 0 Å². The van der Waals surface area contributed by atoms with E-state index in [2.05, 4.69) is 38.2 Å². The first-order chi connectivity index (χ1) is 31.5. The van der Waals surface area contributed by atoms with Crippen LogP contribution in [0.4, 0.5) is 0 Å². The van der Waals surface area contributed by atoms with Gasteiger partial charge in [-0.15, -0.1) is 0 Å². The molecule has 0 aliphatic rings. The summed E-state index contributed by atoms with van der Waals surface area (Å²) in [6.07, 6.45) is 60.0. The van der Waals surface area contributed by atoms with Crippen LogP contribution < -0.4 is 5.32 Å². The molecule has 3 N–H and O–H groups in total. The Morgan fingerprint density at radius 2 is 0.766 bits per heavy atom. The molecule has 0 spiro atoms. The van der Waals surface area contributed by atoms with Gasteiger partial charge in [-0.25, -0.2) is 0 Å². The molecule has 0 aromatic carbocycles. The fourth-order valence-electron chi connectivity index (χ4n) is 9.20. The first-order valence-corrected chi connectivity index (χ1v) is 28.9. The Hall–Kier alpha value is -1.40. The van der Waals surface area contributed by atoms with E-state index in [1.54, 1.807) is 0 Å². The third kappa shape index (κ3) is 47.1. The van der Waals surface area contributed by atoms with Crippen LogP contribution in [0.1, 0.15) is 323 Å². The summed E-state index contributed by atoms with van der Waals surface area (Å²) in [5.41, 5.74) is 0. The second-order valence-corrected chi connectivity index (χ2v) is 20.1. The van der Waals surface area contributed by atoms with Crippen molar-refractivity contribution >= 4 is 11.9 Å². The summed E-state index contributed by atoms with van der Waals surface area (Å²) in [6, 6.07) is -0.704. The predicted octanol–water partition coefficient (Wildman–Crippen LogP) is 17.7. The van der Waals surface area contributed by atoms with Crippen LogP contribution in [0.25, 0.3) is 0 Å². The number of aliphatic hydroxyl groups excluding tert-OH is 2. The largest absolute Gasteiger partial charge is 0.462 e. The number of nitrogens with one attached hydrogen (secondary N) is 1. The number of allylic oxidation sites excluding steroid dienone is 2. The highest BCUT2D eigenvalue weighted by molar-refractivity contribution is 5.77. The van der Waals surface area contributed by atoms with E-state index in [0.29, 0.717) is 19.3 Å². The smallest absolute Gasteiger partial charge is 0.306 e. The molecule has 0 aliphatic carbocycles. The first-order valence-electron chi connectivity index (χ1n) is 28.9. The Kier molecular flexibility index (Phi) is 51.4. The van der Waals surface area contributed by atoms with E-state index in [9.17, 15) is 19.8 Å². The highest BCUT2D eigenvalue weighted by Gasteiger charge is 2.24. The summed E-state index contributed by atoms with van der Waals surface area (Å²) >= 11 is 0. The van der Waals surface area contributed by atoms with Crippen molar-refractivity contribution in [1.82, 2.24) is 5.32 Å². The predicted molar refractivity (Wildman–Crippen MR) is 278 cm³/mol. The summed E-state index contributed by atoms with van der Waals surface area (Å²) in [6.45, 7) is 6.51. The third-order valence-corrected chi connectivity index (χ3v) is 13.6. The highest BCUT2D eigenvalue weighted by atomic mass is 16.5. The fourth-order valence-corrected chi connectivity index (χ4v) is 9.20. The Morgan fingerprint density at radius 1 is 0.438 bits per heavy atom. The minimum atomic E-state index is -0.789. The average molecular weight is 905 g/mol. The van der Waals surface area contributed by atoms with Gasteiger partial charge in [0.05, 0.1) is 25.2 Å². The molecule has 6 nitrogen and oxygen atoms in total. The number of amides is 1. The molecule has 0 heterocycles. The molecule has 0 aromatic rings. The Morgan fingerprint density at radius 3 is 1.14 bits per heavy atom. The van der Waals surface area contributed by atoms with Gasteiger partial charge in [-0.1, -0.05) is 277 Å². The van der Waals surface area contributed by atoms with Crippen molar-refractivity contribution in [3.63, 3.8) is 0 Å². The van der Waals surface area contributed by atoms with Gasteiger partial charge in [0.15, 0.2) is 0 Å². The molecule has 64 heavy (non-hydrogen) atoms. The summed E-state index contributed by atoms with van der Waals surface area (Å²) < 4.78 is 5.94. The van der Waals surface area contributed by atoms with E-state index < -0.39 is 18.2 Å². The van der Waals surface area contributed by atoms with E-state index >= 15 is 0 Å². The fraction of sp³-hybridized carbons (Fsp3) is 0.931. The van der Waals surface area contributed by atoms with Crippen molar-refractivity contribution in [2.75, 3.05) is 6.61 Å². The number of carbonyl (C=O) groups is 2. The number of ether oxygens (including phenoxy) is 1. The van der Waals surface area contributed by atoms with E-state index in [0.717, 1.165) is 51.4 Å². The Labute approximate surface area is 399 Å². The SMILES string of the molecule is CCCCCCCC/C=C\CCCC(CC(=O)NC(CO)C(O)CCCCCCCCCCCCCCCCCC)OC(=O)CCCCCCCCCCCCCCCCCCCC. The van der Waals surface area contributed by atoms with Gasteiger partial charge in [0.1, 0.15) is 6.10 Å². The maximum atomic E-state index is 13.2. The van der Waals surface area contributed by atoms with Crippen LogP contribution in [0, 0.1) is 0 Å². The van der Waals surface area contributed by atoms with Crippen molar-refractivity contribution < 1.29 is 24.5 Å². The molecule has 0 saturated heterocycles. The topological polar surface area (TPSA) is 95.9 Å². The summed E-state index contributed by atoms with van der Waals surface area (Å²) in [4.78, 5) is 26.2. The van der Waals surface area contributed by atoms with Crippen molar-refractivity contribution in [3.05, 3.63) is 12.2 Å². The number of hydrogen-bond acceptors (Lipinski definition) is 5. The molecule has 3 unspecified atom stereocenters. The zero-order valence-electron chi connectivity index (χ0n) is 43.4. The molecule has 0 fully saturated rings. The lowest BCUT2D eigenvalue weighted by molar-refractivity contribution is -0.151. The molecular formula is C58H113NO5. The number of hydrogen-bond donors (Lipinski definition) is 3. The van der Waals surface area contributed by atoms with Gasteiger partial charge in [0.2, 0.25) is 5.91 Å². The molecule has 1 amide bonds. The summed E-state index contributed by atoms with van der Waals surface area (Å²) in [5.74, 6) is -0.482. The minimum absolute atomic E-state index is 0.0641. The maximum absolute atomic E-state index is 13.2. The molecule has 0 bridgehead atoms. The average Bonchev–Trinajstić information content (AvgIpc) is 3.29. The quantitative estimate of drug-likeness (QED) is 0.0321. The highest BCUT2D eigenvalue weighted by Crippen LogP contribution is 2.19. The van der Waals surface area contributed by atoms with E-state index in [-0.39, 0.29) is 24.9 Å². The third-order valence-electron chi connectivity index (χ3n) is 13.6. The van der Waals surface area contributed by atoms with Gasteiger partial charge in [0, 0.05) is 6.42 Å². The van der Waals surface area contributed by atoms with E-state index in [1.807, 2.05) is 0 Å². The van der Waals surface area contributed by atoms with Crippen molar-refractivity contribution in [3.8, 4) is 0 Å². The normalized spacial score (nSPS) is 13.1. The number of rotatable bonds is 53. The summed E-state index contributed by atoms with van der Waals surface area (Å²) in [7, 11) is 0. The van der Waals surface area contributed by atoms with Gasteiger partial charge in [-0.2, -0.15) is 0 Å². The Bertz CT molecular complexity index is 970. The number of carbonyl (C=O) groups excluding carboxylic acids is 2. The van der Waals surface area contributed by atoms with Crippen LogP contribution in [0.3, 0.4) is 0 Å². The van der Waals surface area contributed by atoms with Crippen LogP contribution in [0.2, 0.25) is 0 Å². The second kappa shape index (κ2) is 52.6. The van der Waals surface area contributed by atoms with Crippen LogP contribution in [0.5, 0.6) is 0 Å². The first kappa shape index (κ1) is 62.6. The molecule has 0 saturated carbocycles. The molecule has 0 radical (unpaired) electrons. The zero-order valence-corrected chi connectivity index (χ0v) is 43.4. The second-order valence-electron chi connectivity index (χ2n) is 20.1. The number of unbranched alkanes of at least 4 members (excludes halogenated alkanes) is 39. The van der Waals surface area contributed by atoms with Gasteiger partial charge in [-0.3, -0.25) is 9.59 Å². The standard InChI is InChI=1S/C58H113NO5/c1-4-7-10-13-16-19-22-24-26-28-29-31-33-36-39-42-45-48-51-58(63)64-54(49-46-43-40-37-34-21-18-15-12-9-6-3)52-57(62)59-55(53-60)56(61)50-47-44-41-38-35-32-30-27-25-23-20-17-14-11-8-5-2/h37,40,54-56,60-61H,4-36,38-39,41-53H2,1-3H3,(H,59,62)/b40-37-. The molecule has 3 atom stereocenters. The van der Waals surface area contributed by atoms with Crippen molar-refractivity contribution in [2.24, 2.45) is 0 Å².